The summed E-state index contributed by atoms with van der Waals surface area (Å²) in [5.41, 5.74) is 0.973. The number of likely N-dealkylation sites (tertiary alicyclic amines) is 1. The summed E-state index contributed by atoms with van der Waals surface area (Å²) in [7, 11) is 0. The molecule has 0 unspecified atom stereocenters. The molecular formula is C19H25NO4. The zero-order valence-electron chi connectivity index (χ0n) is 14.5. The Morgan fingerprint density at radius 3 is 2.46 bits per heavy atom. The molecule has 0 aliphatic carbocycles. The fraction of sp³-hybridized carbons (Fsp3) is 0.579. The van der Waals surface area contributed by atoms with Gasteiger partial charge in [0.1, 0.15) is 0 Å². The number of nitrogens with zero attached hydrogens (tertiary/aromatic N) is 1. The Morgan fingerprint density at radius 2 is 1.92 bits per heavy atom. The third kappa shape index (κ3) is 2.81. The van der Waals surface area contributed by atoms with E-state index < -0.39 is 11.4 Å². The maximum atomic E-state index is 12.8. The van der Waals surface area contributed by atoms with Crippen LogP contribution in [0.5, 0.6) is 0 Å². The number of amides is 1. The molecule has 2 aliphatic rings. The van der Waals surface area contributed by atoms with Crippen molar-refractivity contribution in [1.82, 2.24) is 4.90 Å². The van der Waals surface area contributed by atoms with E-state index in [2.05, 4.69) is 20.8 Å². The van der Waals surface area contributed by atoms with Gasteiger partial charge in [-0.05, 0) is 29.5 Å². The van der Waals surface area contributed by atoms with Crippen molar-refractivity contribution in [2.24, 2.45) is 11.3 Å². The number of carboxylic acid groups (broad SMARTS) is 1. The van der Waals surface area contributed by atoms with E-state index in [9.17, 15) is 14.7 Å². The molecule has 24 heavy (non-hydrogen) atoms. The fourth-order valence-electron chi connectivity index (χ4n) is 3.75. The molecule has 1 N–H and O–H groups in total. The van der Waals surface area contributed by atoms with Gasteiger partial charge in [0.15, 0.2) is 0 Å². The van der Waals surface area contributed by atoms with Gasteiger partial charge in [-0.3, -0.25) is 9.59 Å². The van der Waals surface area contributed by atoms with Crippen molar-refractivity contribution in [3.8, 4) is 0 Å². The Bertz CT molecular complexity index is 646. The molecule has 1 amide bonds. The van der Waals surface area contributed by atoms with E-state index in [1.807, 2.05) is 24.3 Å². The van der Waals surface area contributed by atoms with Crippen LogP contribution in [-0.2, 0) is 14.9 Å². The highest BCUT2D eigenvalue weighted by Gasteiger charge is 2.54. The number of aliphatic carboxylic acids is 1. The molecule has 5 heteroatoms. The minimum Gasteiger partial charge on any atom is -0.481 e. The van der Waals surface area contributed by atoms with Crippen LogP contribution in [0, 0.1) is 11.3 Å². The van der Waals surface area contributed by atoms with Gasteiger partial charge in [-0.25, -0.2) is 0 Å². The van der Waals surface area contributed by atoms with Crippen molar-refractivity contribution >= 4 is 11.9 Å². The number of rotatable bonds is 2. The zero-order chi connectivity index (χ0) is 17.5. The molecular weight excluding hydrogens is 306 g/mol. The van der Waals surface area contributed by atoms with E-state index in [4.69, 9.17) is 4.74 Å². The van der Waals surface area contributed by atoms with E-state index in [0.717, 1.165) is 0 Å². The summed E-state index contributed by atoms with van der Waals surface area (Å²) in [5, 5.41) is 9.70. The first-order chi connectivity index (χ1) is 11.2. The zero-order valence-corrected chi connectivity index (χ0v) is 14.5. The molecule has 0 bridgehead atoms. The first-order valence-electron chi connectivity index (χ1n) is 8.45. The number of fused-ring (bicyclic) bond motifs is 1. The summed E-state index contributed by atoms with van der Waals surface area (Å²) in [6, 6.07) is 7.64. The quantitative estimate of drug-likeness (QED) is 0.904. The predicted molar refractivity (Wildman–Crippen MR) is 90.0 cm³/mol. The highest BCUT2D eigenvalue weighted by atomic mass is 16.5. The van der Waals surface area contributed by atoms with Gasteiger partial charge in [0.25, 0.3) is 5.91 Å². The largest absolute Gasteiger partial charge is 0.481 e. The van der Waals surface area contributed by atoms with Gasteiger partial charge >= 0.3 is 5.97 Å². The minimum atomic E-state index is -0.848. The van der Waals surface area contributed by atoms with Crippen molar-refractivity contribution in [1.29, 1.82) is 0 Å². The lowest BCUT2D eigenvalue weighted by Crippen LogP contribution is -2.45. The van der Waals surface area contributed by atoms with Gasteiger partial charge < -0.3 is 14.7 Å². The van der Waals surface area contributed by atoms with Crippen molar-refractivity contribution in [3.05, 3.63) is 35.4 Å². The van der Waals surface area contributed by atoms with E-state index in [1.54, 1.807) is 4.90 Å². The second kappa shape index (κ2) is 5.88. The predicted octanol–water partition coefficient (Wildman–Crippen LogP) is 2.55. The summed E-state index contributed by atoms with van der Waals surface area (Å²) in [4.78, 5) is 26.3. The highest BCUT2D eigenvalue weighted by Crippen LogP contribution is 2.42. The topological polar surface area (TPSA) is 66.8 Å². The number of carbonyl (C=O) groups is 2. The number of benzene rings is 1. The summed E-state index contributed by atoms with van der Waals surface area (Å²) in [5.74, 6) is -1.03. The van der Waals surface area contributed by atoms with Gasteiger partial charge in [-0.15, -0.1) is 0 Å². The Hall–Kier alpha value is -1.88. The van der Waals surface area contributed by atoms with Crippen LogP contribution in [0.25, 0.3) is 0 Å². The van der Waals surface area contributed by atoms with Gasteiger partial charge in [0, 0.05) is 31.2 Å². The lowest BCUT2D eigenvalue weighted by molar-refractivity contribution is -0.157. The number of ether oxygens (including phenoxy) is 1. The normalized spacial score (nSPS) is 27.0. The molecule has 130 valence electrons. The lowest BCUT2D eigenvalue weighted by atomic mass is 9.74. The van der Waals surface area contributed by atoms with Crippen LogP contribution in [0.4, 0.5) is 0 Å². The Morgan fingerprint density at radius 1 is 1.25 bits per heavy atom. The number of hydrogen-bond acceptors (Lipinski definition) is 3. The van der Waals surface area contributed by atoms with Gasteiger partial charge in [-0.2, -0.15) is 0 Å². The summed E-state index contributed by atoms with van der Waals surface area (Å²) in [6.45, 7) is 7.98. The summed E-state index contributed by atoms with van der Waals surface area (Å²) >= 11 is 0. The highest BCUT2D eigenvalue weighted by molar-refractivity contribution is 5.95. The molecule has 2 aliphatic heterocycles. The molecule has 0 saturated carbocycles. The van der Waals surface area contributed by atoms with Crippen molar-refractivity contribution in [2.45, 2.75) is 32.6 Å². The van der Waals surface area contributed by atoms with Gasteiger partial charge in [0.2, 0.25) is 0 Å². The van der Waals surface area contributed by atoms with Crippen molar-refractivity contribution in [3.63, 3.8) is 0 Å². The molecule has 0 spiro atoms. The van der Waals surface area contributed by atoms with E-state index >= 15 is 0 Å². The van der Waals surface area contributed by atoms with Crippen LogP contribution in [0.15, 0.2) is 24.3 Å². The summed E-state index contributed by atoms with van der Waals surface area (Å²) in [6.07, 6.45) is 0.472. The van der Waals surface area contributed by atoms with Crippen LogP contribution in [0.2, 0.25) is 0 Å². The third-order valence-electron chi connectivity index (χ3n) is 5.42. The van der Waals surface area contributed by atoms with Gasteiger partial charge in [-0.1, -0.05) is 32.9 Å². The maximum Gasteiger partial charge on any atom is 0.311 e. The Labute approximate surface area is 142 Å². The van der Waals surface area contributed by atoms with E-state index in [0.29, 0.717) is 31.7 Å². The SMILES string of the molecule is CC(C)(C)c1ccc(C(=O)N2C[C@H]3COCC[C@@]3(C(=O)O)C2)cc1. The van der Waals surface area contributed by atoms with Crippen LogP contribution in [0.3, 0.4) is 0 Å². The Balaban J connectivity index is 1.80. The van der Waals surface area contributed by atoms with E-state index in [1.165, 1.54) is 5.56 Å². The maximum absolute atomic E-state index is 12.8. The van der Waals surface area contributed by atoms with Crippen LogP contribution in [0.1, 0.15) is 43.1 Å². The smallest absolute Gasteiger partial charge is 0.311 e. The molecule has 1 aromatic carbocycles. The molecule has 5 nitrogen and oxygen atoms in total. The number of carbonyl (C=O) groups excluding carboxylic acids is 1. The van der Waals surface area contributed by atoms with Crippen LogP contribution < -0.4 is 0 Å². The number of carboxylic acids is 1. The third-order valence-corrected chi connectivity index (χ3v) is 5.42. The van der Waals surface area contributed by atoms with Gasteiger partial charge in [0.05, 0.1) is 12.0 Å². The lowest BCUT2D eigenvalue weighted by Gasteiger charge is -2.33. The van der Waals surface area contributed by atoms with E-state index in [-0.39, 0.29) is 23.8 Å². The van der Waals surface area contributed by atoms with Crippen LogP contribution >= 0.6 is 0 Å². The first kappa shape index (κ1) is 17.0. The monoisotopic (exact) mass is 331 g/mol. The fourth-order valence-corrected chi connectivity index (χ4v) is 3.75. The molecule has 0 radical (unpaired) electrons. The first-order valence-corrected chi connectivity index (χ1v) is 8.45. The average Bonchev–Trinajstić information content (AvgIpc) is 2.94. The summed E-state index contributed by atoms with van der Waals surface area (Å²) < 4.78 is 5.44. The molecule has 2 saturated heterocycles. The second-order valence-electron chi connectivity index (χ2n) is 8.00. The molecule has 2 atom stereocenters. The van der Waals surface area contributed by atoms with Crippen molar-refractivity contribution < 1.29 is 19.4 Å². The average molecular weight is 331 g/mol. The minimum absolute atomic E-state index is 0.0366. The second-order valence-corrected chi connectivity index (χ2v) is 8.00. The molecule has 3 rings (SSSR count). The van der Waals surface area contributed by atoms with Crippen molar-refractivity contribution in [2.75, 3.05) is 26.3 Å². The Kier molecular flexibility index (Phi) is 4.16. The molecule has 1 aromatic rings. The van der Waals surface area contributed by atoms with Crippen LogP contribution in [-0.4, -0.2) is 48.2 Å². The molecule has 0 aromatic heterocycles. The number of hydrogen-bond donors (Lipinski definition) is 1. The standard InChI is InChI=1S/C19H25NO4/c1-18(2,3)14-6-4-13(5-7-14)16(21)20-10-15-11-24-9-8-19(15,12-20)17(22)23/h4-7,15H,8-12H2,1-3H3,(H,22,23)/t15-,19+/m0/s1. The molecule has 2 heterocycles. The molecule has 2 fully saturated rings.